The molecular weight excluding hydrogens is 241 g/mol. The van der Waals surface area contributed by atoms with Gasteiger partial charge in [-0.15, -0.1) is 5.10 Å². The van der Waals surface area contributed by atoms with E-state index in [4.69, 9.17) is 16.6 Å². The Balaban J connectivity index is 2.31. The van der Waals surface area contributed by atoms with Gasteiger partial charge in [0, 0.05) is 10.9 Å². The molecular formula is C11H8FN3OS. The highest BCUT2D eigenvalue weighted by atomic mass is 32.1. The number of halogens is 1. The summed E-state index contributed by atoms with van der Waals surface area (Å²) in [6.45, 7) is 1.92. The largest absolute Gasteiger partial charge is 0.408 e. The van der Waals surface area contributed by atoms with E-state index in [1.54, 1.807) is 6.07 Å². The summed E-state index contributed by atoms with van der Waals surface area (Å²) in [5, 5.41) is 7.43. The third-order valence-electron chi connectivity index (χ3n) is 2.67. The lowest BCUT2D eigenvalue weighted by atomic mass is 10.1. The molecule has 0 spiro atoms. The number of aromatic nitrogens is 3. The van der Waals surface area contributed by atoms with Crippen LogP contribution in [0.25, 0.3) is 22.5 Å². The van der Waals surface area contributed by atoms with Crippen molar-refractivity contribution >= 4 is 23.1 Å². The third-order valence-corrected chi connectivity index (χ3v) is 2.85. The van der Waals surface area contributed by atoms with Gasteiger partial charge in [0.2, 0.25) is 0 Å². The molecule has 0 aliphatic rings. The molecule has 17 heavy (non-hydrogen) atoms. The number of aromatic amines is 2. The van der Waals surface area contributed by atoms with Gasteiger partial charge in [-0.1, -0.05) is 0 Å². The van der Waals surface area contributed by atoms with Gasteiger partial charge in [-0.3, -0.25) is 0 Å². The fourth-order valence-electron chi connectivity index (χ4n) is 1.86. The van der Waals surface area contributed by atoms with Crippen molar-refractivity contribution in [3.8, 4) is 11.6 Å². The Kier molecular flexibility index (Phi) is 2.12. The number of rotatable bonds is 1. The first-order valence-corrected chi connectivity index (χ1v) is 5.39. The molecule has 0 saturated carbocycles. The molecule has 0 unspecified atom stereocenters. The van der Waals surface area contributed by atoms with Crippen LogP contribution in [0.5, 0.6) is 0 Å². The molecule has 2 N–H and O–H groups in total. The fraction of sp³-hybridized carbons (Fsp3) is 0.0909. The number of hydrogen-bond donors (Lipinski definition) is 2. The summed E-state index contributed by atoms with van der Waals surface area (Å²) in [5.74, 6) is 0.0948. The molecule has 1 aromatic carbocycles. The van der Waals surface area contributed by atoms with Crippen LogP contribution in [-0.4, -0.2) is 15.2 Å². The number of aryl methyl sites for hydroxylation is 1. The predicted molar refractivity (Wildman–Crippen MR) is 63.7 cm³/mol. The molecule has 0 atom stereocenters. The summed E-state index contributed by atoms with van der Waals surface area (Å²) in [4.78, 5) is 3.28. The molecule has 0 saturated heterocycles. The Morgan fingerprint density at radius 2 is 2.24 bits per heavy atom. The first-order chi connectivity index (χ1) is 8.15. The van der Waals surface area contributed by atoms with Crippen molar-refractivity contribution in [3.63, 3.8) is 0 Å². The molecule has 0 amide bonds. The summed E-state index contributed by atoms with van der Waals surface area (Å²) in [6.07, 6.45) is 0. The van der Waals surface area contributed by atoms with E-state index in [0.717, 1.165) is 10.9 Å². The Morgan fingerprint density at radius 1 is 1.41 bits per heavy atom. The fourth-order valence-corrected chi connectivity index (χ4v) is 1.99. The van der Waals surface area contributed by atoms with Gasteiger partial charge >= 0.3 is 0 Å². The van der Waals surface area contributed by atoms with E-state index in [0.29, 0.717) is 17.1 Å². The molecule has 0 fully saturated rings. The topological polar surface area (TPSA) is 57.6 Å². The molecule has 3 rings (SSSR count). The van der Waals surface area contributed by atoms with Crippen molar-refractivity contribution in [2.24, 2.45) is 0 Å². The first-order valence-electron chi connectivity index (χ1n) is 4.99. The zero-order valence-corrected chi connectivity index (χ0v) is 9.69. The van der Waals surface area contributed by atoms with Crippen molar-refractivity contribution < 1.29 is 8.81 Å². The first kappa shape index (κ1) is 10.2. The van der Waals surface area contributed by atoms with Gasteiger partial charge in [-0.25, -0.2) is 9.49 Å². The smallest absolute Gasteiger partial charge is 0.284 e. The van der Waals surface area contributed by atoms with E-state index in [2.05, 4.69) is 15.2 Å². The van der Waals surface area contributed by atoms with Crippen molar-refractivity contribution in [2.45, 2.75) is 6.92 Å². The van der Waals surface area contributed by atoms with Crippen molar-refractivity contribution in [1.29, 1.82) is 0 Å². The number of benzene rings is 1. The van der Waals surface area contributed by atoms with Gasteiger partial charge in [0.05, 0.1) is 0 Å². The highest BCUT2D eigenvalue weighted by Crippen LogP contribution is 2.28. The van der Waals surface area contributed by atoms with Gasteiger partial charge in [-0.2, -0.15) is 0 Å². The Morgan fingerprint density at radius 3 is 2.94 bits per heavy atom. The van der Waals surface area contributed by atoms with Crippen LogP contribution in [0.15, 0.2) is 22.6 Å². The molecule has 0 aliphatic carbocycles. The number of fused-ring (bicyclic) bond motifs is 1. The molecule has 3 aromatic rings. The molecule has 6 heteroatoms. The maximum atomic E-state index is 13.1. The molecule has 0 bridgehead atoms. The molecule has 0 aliphatic heterocycles. The number of H-pyrrole nitrogens is 2. The highest BCUT2D eigenvalue weighted by Gasteiger charge is 2.13. The average molecular weight is 249 g/mol. The van der Waals surface area contributed by atoms with Crippen LogP contribution < -0.4 is 0 Å². The normalized spacial score (nSPS) is 11.2. The van der Waals surface area contributed by atoms with Gasteiger partial charge in [0.15, 0.2) is 0 Å². The van der Waals surface area contributed by atoms with E-state index in [1.165, 1.54) is 12.1 Å². The van der Waals surface area contributed by atoms with Crippen molar-refractivity contribution in [1.82, 2.24) is 15.2 Å². The molecule has 0 radical (unpaired) electrons. The van der Waals surface area contributed by atoms with Crippen LogP contribution in [0.1, 0.15) is 5.56 Å². The Hall–Kier alpha value is -1.95. The minimum atomic E-state index is -0.284. The van der Waals surface area contributed by atoms with Crippen molar-refractivity contribution in [2.75, 3.05) is 0 Å². The van der Waals surface area contributed by atoms with Gasteiger partial charge in [0.25, 0.3) is 10.7 Å². The van der Waals surface area contributed by atoms with Gasteiger partial charge in [0.1, 0.15) is 11.5 Å². The van der Waals surface area contributed by atoms with E-state index in [9.17, 15) is 4.39 Å². The van der Waals surface area contributed by atoms with Gasteiger partial charge < -0.3 is 9.40 Å². The number of nitrogens with one attached hydrogen (secondary N) is 2. The summed E-state index contributed by atoms with van der Waals surface area (Å²) < 4.78 is 18.3. The van der Waals surface area contributed by atoms with E-state index in [1.807, 2.05) is 6.92 Å². The summed E-state index contributed by atoms with van der Waals surface area (Å²) in [5.41, 5.74) is 2.37. The second kappa shape index (κ2) is 3.53. The SMILES string of the molecule is Cc1c(-c2n[nH]c(=S)o2)[nH]c2cc(F)ccc12. The summed E-state index contributed by atoms with van der Waals surface area (Å²) >= 11 is 4.82. The lowest BCUT2D eigenvalue weighted by Gasteiger charge is -1.91. The van der Waals surface area contributed by atoms with E-state index < -0.39 is 0 Å². The molecule has 86 valence electrons. The predicted octanol–water partition coefficient (Wildman–Crippen LogP) is 3.33. The van der Waals surface area contributed by atoms with Crippen LogP contribution in [0.3, 0.4) is 0 Å². The minimum Gasteiger partial charge on any atom is -0.408 e. The molecule has 4 nitrogen and oxygen atoms in total. The second-order valence-corrected chi connectivity index (χ2v) is 4.10. The summed E-state index contributed by atoms with van der Waals surface area (Å²) in [7, 11) is 0. The molecule has 2 aromatic heterocycles. The van der Waals surface area contributed by atoms with Crippen LogP contribution in [0.4, 0.5) is 4.39 Å². The zero-order chi connectivity index (χ0) is 12.0. The second-order valence-electron chi connectivity index (χ2n) is 3.73. The number of nitrogens with zero attached hydrogens (tertiary/aromatic N) is 1. The molecule has 2 heterocycles. The monoisotopic (exact) mass is 249 g/mol. The highest BCUT2D eigenvalue weighted by molar-refractivity contribution is 7.71. The zero-order valence-electron chi connectivity index (χ0n) is 8.87. The van der Waals surface area contributed by atoms with Gasteiger partial charge in [-0.05, 0) is 42.9 Å². The maximum absolute atomic E-state index is 13.1. The van der Waals surface area contributed by atoms with Crippen LogP contribution in [0.2, 0.25) is 0 Å². The lowest BCUT2D eigenvalue weighted by molar-refractivity contribution is 0.550. The Labute approximate surface area is 100 Å². The maximum Gasteiger partial charge on any atom is 0.284 e. The van der Waals surface area contributed by atoms with E-state index in [-0.39, 0.29) is 10.7 Å². The average Bonchev–Trinajstić information content (AvgIpc) is 2.83. The lowest BCUT2D eigenvalue weighted by Crippen LogP contribution is -1.80. The van der Waals surface area contributed by atoms with Crippen LogP contribution in [0, 0.1) is 17.6 Å². The summed E-state index contributed by atoms with van der Waals surface area (Å²) in [6, 6.07) is 4.58. The third kappa shape index (κ3) is 1.57. The quantitative estimate of drug-likeness (QED) is 0.650. The standard InChI is InChI=1S/C11H8FN3OS/c1-5-7-3-2-6(12)4-8(7)13-9(5)10-14-15-11(17)16-10/h2-4,13H,1H3,(H,15,17). The van der Waals surface area contributed by atoms with E-state index >= 15 is 0 Å². The van der Waals surface area contributed by atoms with Crippen LogP contribution >= 0.6 is 12.2 Å². The Bertz CT molecular complexity index is 756. The van der Waals surface area contributed by atoms with Crippen molar-refractivity contribution in [3.05, 3.63) is 34.4 Å². The number of hydrogen-bond acceptors (Lipinski definition) is 3. The van der Waals surface area contributed by atoms with Crippen LogP contribution in [-0.2, 0) is 0 Å². The minimum absolute atomic E-state index is 0.212.